The zero-order valence-electron chi connectivity index (χ0n) is 7.79. The van der Waals surface area contributed by atoms with Crippen LogP contribution in [0.4, 0.5) is 0 Å². The van der Waals surface area contributed by atoms with E-state index in [4.69, 9.17) is 11.6 Å². The molecule has 0 aromatic rings. The minimum absolute atomic E-state index is 0.0256. The number of alkyl halides is 1. The first-order valence-corrected chi connectivity index (χ1v) is 6.80. The number of halogens is 1. The Bertz CT molecular complexity index is 253. The molecule has 2 atom stereocenters. The van der Waals surface area contributed by atoms with E-state index in [0.29, 0.717) is 5.92 Å². The molecule has 5 heteroatoms. The van der Waals surface area contributed by atoms with Crippen LogP contribution in [0.25, 0.3) is 0 Å². The lowest BCUT2D eigenvalue weighted by Crippen LogP contribution is -2.38. The summed E-state index contributed by atoms with van der Waals surface area (Å²) in [6.07, 6.45) is 3.20. The summed E-state index contributed by atoms with van der Waals surface area (Å²) in [7, 11) is -3.13. The van der Waals surface area contributed by atoms with Crippen molar-refractivity contribution in [2.24, 2.45) is 5.92 Å². The highest BCUT2D eigenvalue weighted by molar-refractivity contribution is 7.89. The van der Waals surface area contributed by atoms with Gasteiger partial charge in [-0.05, 0) is 18.8 Å². The predicted molar refractivity (Wildman–Crippen MR) is 54.4 cm³/mol. The van der Waals surface area contributed by atoms with Crippen LogP contribution in [-0.4, -0.2) is 26.1 Å². The Labute approximate surface area is 84.9 Å². The van der Waals surface area contributed by atoms with Gasteiger partial charge in [0.1, 0.15) is 0 Å². The summed E-state index contributed by atoms with van der Waals surface area (Å²) in [5, 5.41) is 0. The van der Waals surface area contributed by atoms with Crippen molar-refractivity contribution in [1.82, 2.24) is 4.72 Å². The summed E-state index contributed by atoms with van der Waals surface area (Å²) in [4.78, 5) is 0. The molecule has 1 N–H and O–H groups in total. The first kappa shape index (κ1) is 11.3. The number of hydrogen-bond acceptors (Lipinski definition) is 2. The average Bonchev–Trinajstić information content (AvgIpc) is 2.35. The van der Waals surface area contributed by atoms with E-state index in [0.717, 1.165) is 19.3 Å². The molecule has 1 aliphatic carbocycles. The molecule has 2 unspecified atom stereocenters. The molecule has 0 aromatic carbocycles. The van der Waals surface area contributed by atoms with Gasteiger partial charge < -0.3 is 0 Å². The summed E-state index contributed by atoms with van der Waals surface area (Å²) in [5.41, 5.74) is 0. The van der Waals surface area contributed by atoms with Gasteiger partial charge in [0.25, 0.3) is 0 Å². The summed E-state index contributed by atoms with van der Waals surface area (Å²) in [5.74, 6) is 0.652. The summed E-state index contributed by atoms with van der Waals surface area (Å²) in [6, 6.07) is 0.133. The van der Waals surface area contributed by atoms with Gasteiger partial charge in [-0.1, -0.05) is 13.3 Å². The number of hydrogen-bond donors (Lipinski definition) is 1. The van der Waals surface area contributed by atoms with Crippen LogP contribution in [0.15, 0.2) is 0 Å². The first-order chi connectivity index (χ1) is 6.05. The lowest BCUT2D eigenvalue weighted by atomic mass is 10.1. The minimum Gasteiger partial charge on any atom is -0.212 e. The molecule has 0 spiro atoms. The van der Waals surface area contributed by atoms with Crippen LogP contribution >= 0.6 is 11.6 Å². The molecule has 78 valence electrons. The first-order valence-electron chi connectivity index (χ1n) is 4.61. The van der Waals surface area contributed by atoms with Crippen LogP contribution in [0.5, 0.6) is 0 Å². The molecule has 13 heavy (non-hydrogen) atoms. The van der Waals surface area contributed by atoms with E-state index >= 15 is 0 Å². The van der Waals surface area contributed by atoms with Gasteiger partial charge in [0.15, 0.2) is 0 Å². The fourth-order valence-corrected chi connectivity index (χ4v) is 3.45. The van der Waals surface area contributed by atoms with Crippen LogP contribution in [0.3, 0.4) is 0 Å². The molecule has 1 aliphatic rings. The second kappa shape index (κ2) is 4.62. The maximum Gasteiger partial charge on any atom is 0.213 e. The second-order valence-electron chi connectivity index (χ2n) is 3.64. The van der Waals surface area contributed by atoms with E-state index in [1.165, 1.54) is 0 Å². The fourth-order valence-electron chi connectivity index (χ4n) is 1.71. The third-order valence-corrected chi connectivity index (χ3v) is 4.35. The summed E-state index contributed by atoms with van der Waals surface area (Å²) in [6.45, 7) is 2.08. The van der Waals surface area contributed by atoms with Crippen molar-refractivity contribution in [3.63, 3.8) is 0 Å². The van der Waals surface area contributed by atoms with Crippen LogP contribution in [-0.2, 0) is 10.0 Å². The molecule has 0 saturated heterocycles. The zero-order chi connectivity index (χ0) is 9.90. The third kappa shape index (κ3) is 3.44. The zero-order valence-corrected chi connectivity index (χ0v) is 9.37. The number of rotatable bonds is 4. The Kier molecular flexibility index (Phi) is 4.01. The molecule has 0 aliphatic heterocycles. The van der Waals surface area contributed by atoms with Gasteiger partial charge in [0.2, 0.25) is 10.0 Å². The van der Waals surface area contributed by atoms with E-state index in [-0.39, 0.29) is 17.7 Å². The van der Waals surface area contributed by atoms with Gasteiger partial charge in [-0.2, -0.15) is 0 Å². The fraction of sp³-hybridized carbons (Fsp3) is 1.00. The van der Waals surface area contributed by atoms with E-state index in [1.54, 1.807) is 0 Å². The minimum atomic E-state index is -3.13. The van der Waals surface area contributed by atoms with Gasteiger partial charge in [-0.3, -0.25) is 0 Å². The molecular weight excluding hydrogens is 210 g/mol. The third-order valence-electron chi connectivity index (χ3n) is 2.54. The Morgan fingerprint density at radius 3 is 2.62 bits per heavy atom. The van der Waals surface area contributed by atoms with E-state index in [2.05, 4.69) is 11.6 Å². The van der Waals surface area contributed by atoms with E-state index in [9.17, 15) is 8.42 Å². The van der Waals surface area contributed by atoms with Crippen molar-refractivity contribution in [2.75, 3.05) is 11.6 Å². The highest BCUT2D eigenvalue weighted by atomic mass is 35.5. The van der Waals surface area contributed by atoms with Gasteiger partial charge in [-0.25, -0.2) is 13.1 Å². The van der Waals surface area contributed by atoms with Crippen LogP contribution in [0.1, 0.15) is 26.2 Å². The topological polar surface area (TPSA) is 46.2 Å². The van der Waals surface area contributed by atoms with Crippen molar-refractivity contribution in [3.8, 4) is 0 Å². The molecule has 0 heterocycles. The average molecular weight is 226 g/mol. The quantitative estimate of drug-likeness (QED) is 0.734. The Morgan fingerprint density at radius 2 is 2.15 bits per heavy atom. The molecule has 0 radical (unpaired) electrons. The van der Waals surface area contributed by atoms with Gasteiger partial charge in [0, 0.05) is 11.9 Å². The summed E-state index contributed by atoms with van der Waals surface area (Å²) < 4.78 is 25.4. The maximum atomic E-state index is 11.3. The molecular formula is C8H16ClNO2S. The molecule has 0 aromatic heterocycles. The molecule has 1 saturated carbocycles. The standard InChI is InChI=1S/C8H16ClNO2S/c1-7-3-2-4-8(7)10-13(11,12)6-5-9/h7-8,10H,2-6H2,1H3. The lowest BCUT2D eigenvalue weighted by molar-refractivity contribution is 0.477. The maximum absolute atomic E-state index is 11.3. The van der Waals surface area contributed by atoms with Gasteiger partial charge in [-0.15, -0.1) is 11.6 Å². The van der Waals surface area contributed by atoms with Gasteiger partial charge in [0.05, 0.1) is 5.75 Å². The van der Waals surface area contributed by atoms with Crippen molar-refractivity contribution in [3.05, 3.63) is 0 Å². The highest BCUT2D eigenvalue weighted by Crippen LogP contribution is 2.25. The Balaban J connectivity index is 2.47. The largest absolute Gasteiger partial charge is 0.213 e. The molecule has 0 amide bonds. The van der Waals surface area contributed by atoms with E-state index in [1.807, 2.05) is 0 Å². The normalized spacial score (nSPS) is 29.4. The van der Waals surface area contributed by atoms with Crippen molar-refractivity contribution < 1.29 is 8.42 Å². The summed E-state index contributed by atoms with van der Waals surface area (Å²) >= 11 is 5.39. The Hall–Kier alpha value is 0.200. The molecule has 1 rings (SSSR count). The van der Waals surface area contributed by atoms with Gasteiger partial charge >= 0.3 is 0 Å². The van der Waals surface area contributed by atoms with Crippen LogP contribution in [0.2, 0.25) is 0 Å². The number of sulfonamides is 1. The molecule has 1 fully saturated rings. The SMILES string of the molecule is CC1CCCC1NS(=O)(=O)CCCl. The van der Waals surface area contributed by atoms with Crippen molar-refractivity contribution in [1.29, 1.82) is 0 Å². The van der Waals surface area contributed by atoms with Crippen molar-refractivity contribution in [2.45, 2.75) is 32.2 Å². The lowest BCUT2D eigenvalue weighted by Gasteiger charge is -2.16. The van der Waals surface area contributed by atoms with E-state index < -0.39 is 10.0 Å². The van der Waals surface area contributed by atoms with Crippen LogP contribution in [0, 0.1) is 5.92 Å². The monoisotopic (exact) mass is 225 g/mol. The predicted octanol–water partition coefficient (Wildman–Crippen LogP) is 1.33. The molecule has 0 bridgehead atoms. The smallest absolute Gasteiger partial charge is 0.212 e. The molecule has 3 nitrogen and oxygen atoms in total. The highest BCUT2D eigenvalue weighted by Gasteiger charge is 2.26. The number of nitrogens with one attached hydrogen (secondary N) is 1. The van der Waals surface area contributed by atoms with Crippen molar-refractivity contribution >= 4 is 21.6 Å². The Morgan fingerprint density at radius 1 is 1.46 bits per heavy atom. The second-order valence-corrected chi connectivity index (χ2v) is 5.89. The van der Waals surface area contributed by atoms with Crippen LogP contribution < -0.4 is 4.72 Å².